The average Bonchev–Trinajstić information content (AvgIpc) is 2.86. The molecule has 1 saturated heterocycles. The Morgan fingerprint density at radius 3 is 2.46 bits per heavy atom. The summed E-state index contributed by atoms with van der Waals surface area (Å²) < 4.78 is 25.1. The summed E-state index contributed by atoms with van der Waals surface area (Å²) in [6.07, 6.45) is 4.01. The molecule has 39 heavy (non-hydrogen) atoms. The molecular weight excluding hydrogens is 514 g/mol. The summed E-state index contributed by atoms with van der Waals surface area (Å²) >= 11 is 1.60. The lowest BCUT2D eigenvalue weighted by atomic mass is 9.91. The van der Waals surface area contributed by atoms with Gasteiger partial charge in [-0.15, -0.1) is 11.3 Å². The van der Waals surface area contributed by atoms with Gasteiger partial charge in [-0.3, -0.25) is 4.79 Å². The molecule has 1 N–H and O–H groups in total. The Morgan fingerprint density at radius 2 is 1.77 bits per heavy atom. The number of fused-ring (bicyclic) bond motifs is 2. The minimum atomic E-state index is -0.743. The summed E-state index contributed by atoms with van der Waals surface area (Å²) in [6, 6.07) is 11.7. The van der Waals surface area contributed by atoms with Gasteiger partial charge in [0.25, 0.3) is 0 Å². The van der Waals surface area contributed by atoms with Crippen LogP contribution in [0.5, 0.6) is 5.75 Å². The largest absolute Gasteiger partial charge is 0.494 e. The van der Waals surface area contributed by atoms with Gasteiger partial charge in [-0.05, 0) is 89.8 Å². The number of hydrogen-bond donors (Lipinski definition) is 1. The maximum absolute atomic E-state index is 13.4. The molecule has 1 aliphatic heterocycles. The molecule has 1 aromatic heterocycles. The van der Waals surface area contributed by atoms with Crippen LogP contribution in [0.15, 0.2) is 41.2 Å². The molecule has 3 aromatic rings. The molecule has 7 nitrogen and oxygen atoms in total. The van der Waals surface area contributed by atoms with Crippen molar-refractivity contribution in [1.82, 2.24) is 5.32 Å². The number of amides is 1. The number of hydrogen-bond acceptors (Lipinski definition) is 7. The number of rotatable bonds is 9. The molecule has 0 atom stereocenters. The van der Waals surface area contributed by atoms with Crippen LogP contribution in [0.1, 0.15) is 72.8 Å². The van der Waals surface area contributed by atoms with E-state index >= 15 is 0 Å². The van der Waals surface area contributed by atoms with Crippen molar-refractivity contribution in [2.75, 3.05) is 19.8 Å². The third kappa shape index (κ3) is 7.71. The predicted molar refractivity (Wildman–Crippen MR) is 157 cm³/mol. The first-order valence-electron chi connectivity index (χ1n) is 13.8. The van der Waals surface area contributed by atoms with Crippen molar-refractivity contribution in [3.8, 4) is 5.75 Å². The van der Waals surface area contributed by atoms with Gasteiger partial charge in [0.1, 0.15) is 11.4 Å². The highest BCUT2D eigenvalue weighted by Gasteiger charge is 2.42. The number of alkyl carbamates (subject to hydrolysis) is 1. The molecule has 4 rings (SSSR count). The number of benzene rings is 2. The lowest BCUT2D eigenvalue weighted by Gasteiger charge is -2.44. The molecule has 1 fully saturated rings. The smallest absolute Gasteiger partial charge is 0.408 e. The molecule has 0 unspecified atom stereocenters. The molecule has 0 radical (unpaired) electrons. The van der Waals surface area contributed by atoms with Gasteiger partial charge in [0.05, 0.1) is 25.4 Å². The van der Waals surface area contributed by atoms with E-state index in [0.717, 1.165) is 40.0 Å². The maximum atomic E-state index is 13.4. The molecule has 212 valence electrons. The third-order valence-electron chi connectivity index (χ3n) is 6.77. The topological polar surface area (TPSA) is 83.1 Å². The molecule has 1 aliphatic rings. The Hall–Kier alpha value is -2.68. The summed E-state index contributed by atoms with van der Waals surface area (Å²) in [5.41, 5.74) is -0.328. The molecule has 0 spiro atoms. The Labute approximate surface area is 234 Å². The number of unbranched alkanes of at least 4 members (excludes halogenated alkanes) is 2. The van der Waals surface area contributed by atoms with Crippen molar-refractivity contribution in [3.05, 3.63) is 52.2 Å². The zero-order valence-corrected chi connectivity index (χ0v) is 24.8. The van der Waals surface area contributed by atoms with Crippen LogP contribution in [0.3, 0.4) is 0 Å². The Bertz CT molecular complexity index is 1360. The van der Waals surface area contributed by atoms with Gasteiger partial charge in [-0.25, -0.2) is 4.79 Å². The van der Waals surface area contributed by atoms with Gasteiger partial charge >= 0.3 is 6.09 Å². The van der Waals surface area contributed by atoms with E-state index in [1.807, 2.05) is 71.0 Å². The van der Waals surface area contributed by atoms with Gasteiger partial charge in [0, 0.05) is 20.2 Å². The van der Waals surface area contributed by atoms with Crippen molar-refractivity contribution in [3.63, 3.8) is 0 Å². The number of aryl methyl sites for hydroxylation is 1. The normalized spacial score (nSPS) is 16.8. The predicted octanol–water partition coefficient (Wildman–Crippen LogP) is 6.96. The fraction of sp³-hybridized carbons (Fsp3) is 0.548. The van der Waals surface area contributed by atoms with Crippen LogP contribution in [0.4, 0.5) is 4.79 Å². The van der Waals surface area contributed by atoms with Gasteiger partial charge in [0.15, 0.2) is 11.2 Å². The van der Waals surface area contributed by atoms with Crippen molar-refractivity contribution in [2.24, 2.45) is 0 Å². The van der Waals surface area contributed by atoms with Crippen molar-refractivity contribution < 1.29 is 23.7 Å². The molecule has 0 bridgehead atoms. The first-order valence-corrected chi connectivity index (χ1v) is 14.6. The SMILES string of the molecule is CCCCCOc1ccc2c(=O)c3cc(CCC4(NC(=O)OC(C)(C)C)COC(C)(C)OC4)ccc3sc2c1. The minimum absolute atomic E-state index is 0.0193. The van der Waals surface area contributed by atoms with E-state index in [1.165, 1.54) is 0 Å². The fourth-order valence-electron chi connectivity index (χ4n) is 4.56. The average molecular weight is 556 g/mol. The summed E-state index contributed by atoms with van der Waals surface area (Å²) in [7, 11) is 0. The van der Waals surface area contributed by atoms with Gasteiger partial charge in [0.2, 0.25) is 0 Å². The third-order valence-corrected chi connectivity index (χ3v) is 7.91. The second-order valence-corrected chi connectivity index (χ2v) is 12.9. The second-order valence-electron chi connectivity index (χ2n) is 11.9. The van der Waals surface area contributed by atoms with E-state index < -0.39 is 23.0 Å². The lowest BCUT2D eigenvalue weighted by molar-refractivity contribution is -0.271. The quantitative estimate of drug-likeness (QED) is 0.227. The molecule has 1 amide bonds. The maximum Gasteiger partial charge on any atom is 0.408 e. The molecule has 2 aromatic carbocycles. The Balaban J connectivity index is 1.53. The summed E-state index contributed by atoms with van der Waals surface area (Å²) in [4.78, 5) is 26.1. The number of nitrogens with one attached hydrogen (secondary N) is 1. The van der Waals surface area contributed by atoms with E-state index in [2.05, 4.69) is 12.2 Å². The van der Waals surface area contributed by atoms with Crippen molar-refractivity contribution in [2.45, 2.75) is 90.6 Å². The van der Waals surface area contributed by atoms with Gasteiger partial charge in [-0.2, -0.15) is 0 Å². The molecular formula is C31H41NO6S. The highest BCUT2D eigenvalue weighted by atomic mass is 32.1. The molecule has 0 saturated carbocycles. The van der Waals surface area contributed by atoms with Crippen molar-refractivity contribution >= 4 is 37.6 Å². The van der Waals surface area contributed by atoms with Crippen molar-refractivity contribution in [1.29, 1.82) is 0 Å². The fourth-order valence-corrected chi connectivity index (χ4v) is 5.64. The van der Waals surface area contributed by atoms with Crippen LogP contribution in [-0.4, -0.2) is 42.8 Å². The number of carbonyl (C=O) groups is 1. The van der Waals surface area contributed by atoms with Crippen LogP contribution in [-0.2, 0) is 20.6 Å². The second kappa shape index (κ2) is 11.8. The zero-order valence-electron chi connectivity index (χ0n) is 24.0. The summed E-state index contributed by atoms with van der Waals surface area (Å²) in [5, 5.41) is 4.41. The summed E-state index contributed by atoms with van der Waals surface area (Å²) in [6.45, 7) is 12.7. The van der Waals surface area contributed by atoms with Gasteiger partial charge < -0.3 is 24.3 Å². The van der Waals surface area contributed by atoms with Crippen LogP contribution in [0.25, 0.3) is 20.2 Å². The highest BCUT2D eigenvalue weighted by molar-refractivity contribution is 7.24. The molecule has 8 heteroatoms. The number of ether oxygens (including phenoxy) is 4. The standard InChI is InChI=1S/C31H41NO6S/c1-7-8-9-16-35-22-11-12-23-26(18-22)39-25-13-10-21(17-24(25)27(23)33)14-15-31(19-36-30(5,6)37-20-31)32-28(34)38-29(2,3)4/h10-13,17-18H,7-9,14-16,19-20H2,1-6H3,(H,32,34). The van der Waals surface area contributed by atoms with Crippen LogP contribution in [0, 0.1) is 0 Å². The highest BCUT2D eigenvalue weighted by Crippen LogP contribution is 2.31. The van der Waals surface area contributed by atoms with E-state index in [-0.39, 0.29) is 5.43 Å². The van der Waals surface area contributed by atoms with E-state index in [1.54, 1.807) is 11.3 Å². The minimum Gasteiger partial charge on any atom is -0.494 e. The lowest BCUT2D eigenvalue weighted by Crippen LogP contribution is -2.61. The van der Waals surface area contributed by atoms with E-state index in [9.17, 15) is 9.59 Å². The van der Waals surface area contributed by atoms with Crippen LogP contribution in [0.2, 0.25) is 0 Å². The Morgan fingerprint density at radius 1 is 1.03 bits per heavy atom. The monoisotopic (exact) mass is 555 g/mol. The molecule has 0 aliphatic carbocycles. The van der Waals surface area contributed by atoms with E-state index in [0.29, 0.717) is 43.4 Å². The van der Waals surface area contributed by atoms with Gasteiger partial charge in [-0.1, -0.05) is 25.8 Å². The Kier molecular flexibility index (Phi) is 8.88. The zero-order chi connectivity index (χ0) is 28.3. The summed E-state index contributed by atoms with van der Waals surface area (Å²) in [5.74, 6) is 0.0793. The first kappa shape index (κ1) is 29.3. The van der Waals surface area contributed by atoms with Crippen LogP contribution >= 0.6 is 11.3 Å². The van der Waals surface area contributed by atoms with Crippen LogP contribution < -0.4 is 15.5 Å². The van der Waals surface area contributed by atoms with E-state index in [4.69, 9.17) is 18.9 Å². The first-order chi connectivity index (χ1) is 18.4. The molecule has 2 heterocycles. The number of carbonyl (C=O) groups excluding carboxylic acids is 1.